The van der Waals surface area contributed by atoms with Crippen LogP contribution in [0.25, 0.3) is 0 Å². The molecule has 3 rings (SSSR count). The van der Waals surface area contributed by atoms with Crippen LogP contribution in [-0.4, -0.2) is 6.67 Å². The summed E-state index contributed by atoms with van der Waals surface area (Å²) in [5, 5.41) is 0. The van der Waals surface area contributed by atoms with Crippen molar-refractivity contribution in [3.05, 3.63) is 70.3 Å². The fourth-order valence-electron chi connectivity index (χ4n) is 4.22. The minimum Gasteiger partial charge on any atom is -0.251 e. The summed E-state index contributed by atoms with van der Waals surface area (Å²) in [4.78, 5) is -3.74. The molecule has 29 heavy (non-hydrogen) atoms. The Hall–Kier alpha value is -1.43. The van der Waals surface area contributed by atoms with Gasteiger partial charge >= 0.3 is 4.83 Å². The second-order valence-corrected chi connectivity index (χ2v) is 8.87. The van der Waals surface area contributed by atoms with Gasteiger partial charge in [0.15, 0.2) is 0 Å². The monoisotopic (exact) mass is 474 g/mol. The maximum absolute atomic E-state index is 13.9. The van der Waals surface area contributed by atoms with Gasteiger partial charge in [0.1, 0.15) is 17.2 Å². The maximum atomic E-state index is 13.9. The molecular weight excluding hydrogens is 451 g/mol. The number of hydrogen-bond donors (Lipinski definition) is 0. The average Bonchev–Trinajstić information content (AvgIpc) is 2.66. The van der Waals surface area contributed by atoms with Gasteiger partial charge in [0.2, 0.25) is 0 Å². The lowest BCUT2D eigenvalue weighted by molar-refractivity contribution is 0.105. The van der Waals surface area contributed by atoms with Crippen molar-refractivity contribution in [3.8, 4) is 0 Å². The van der Waals surface area contributed by atoms with Crippen LogP contribution in [-0.2, 0) is 17.7 Å². The number of benzene rings is 2. The zero-order valence-corrected chi connectivity index (χ0v) is 17.6. The predicted octanol–water partition coefficient (Wildman–Crippen LogP) is 7.83. The Balaban J connectivity index is 1.58. The van der Waals surface area contributed by atoms with E-state index < -0.39 is 22.0 Å². The van der Waals surface area contributed by atoms with Crippen molar-refractivity contribution < 1.29 is 22.0 Å². The lowest BCUT2D eigenvalue weighted by Crippen LogP contribution is -2.13. The lowest BCUT2D eigenvalue weighted by Gasteiger charge is -2.28. The first-order chi connectivity index (χ1) is 13.8. The topological polar surface area (TPSA) is 0 Å². The molecule has 0 radical (unpaired) electrons. The van der Waals surface area contributed by atoms with Crippen molar-refractivity contribution in [2.24, 2.45) is 5.92 Å². The van der Waals surface area contributed by atoms with Gasteiger partial charge in [-0.25, -0.2) is 8.78 Å². The summed E-state index contributed by atoms with van der Waals surface area (Å²) in [7, 11) is 0. The molecule has 6 heteroatoms. The van der Waals surface area contributed by atoms with Crippen LogP contribution in [0.15, 0.2) is 36.4 Å². The third-order valence-electron chi connectivity index (χ3n) is 5.90. The minimum absolute atomic E-state index is 0.237. The van der Waals surface area contributed by atoms with Crippen molar-refractivity contribution >= 4 is 15.9 Å². The number of halogens is 6. The predicted molar refractivity (Wildman–Crippen MR) is 108 cm³/mol. The van der Waals surface area contributed by atoms with Crippen LogP contribution in [0.5, 0.6) is 0 Å². The maximum Gasteiger partial charge on any atom is 0.332 e. The van der Waals surface area contributed by atoms with E-state index in [0.29, 0.717) is 36.7 Å². The van der Waals surface area contributed by atoms with Gasteiger partial charge in [-0.2, -0.15) is 8.78 Å². The average molecular weight is 475 g/mol. The van der Waals surface area contributed by atoms with Gasteiger partial charge < -0.3 is 0 Å². The first kappa shape index (κ1) is 22.3. The summed E-state index contributed by atoms with van der Waals surface area (Å²) in [6.07, 6.45) is 5.87. The van der Waals surface area contributed by atoms with E-state index >= 15 is 0 Å². The summed E-state index contributed by atoms with van der Waals surface area (Å²) < 4.78 is 66.7. The van der Waals surface area contributed by atoms with E-state index in [2.05, 4.69) is 12.1 Å². The fourth-order valence-corrected chi connectivity index (χ4v) is 4.60. The number of aryl methyl sites for hydroxylation is 2. The molecular formula is C23H24BrF5. The van der Waals surface area contributed by atoms with Gasteiger partial charge in [-0.3, -0.25) is 4.39 Å². The van der Waals surface area contributed by atoms with E-state index in [-0.39, 0.29) is 6.67 Å². The van der Waals surface area contributed by atoms with Crippen molar-refractivity contribution in [2.75, 3.05) is 6.67 Å². The van der Waals surface area contributed by atoms with Crippen molar-refractivity contribution in [1.29, 1.82) is 0 Å². The number of rotatable bonds is 7. The van der Waals surface area contributed by atoms with E-state index in [0.717, 1.165) is 43.4 Å². The Morgan fingerprint density at radius 1 is 0.862 bits per heavy atom. The molecule has 1 aliphatic rings. The molecule has 0 bridgehead atoms. The van der Waals surface area contributed by atoms with Crippen LogP contribution in [0.2, 0.25) is 0 Å². The molecule has 0 saturated heterocycles. The summed E-state index contributed by atoms with van der Waals surface area (Å²) in [5.74, 6) is -1.49. The first-order valence-electron chi connectivity index (χ1n) is 9.98. The van der Waals surface area contributed by atoms with E-state index in [9.17, 15) is 22.0 Å². The molecule has 1 fully saturated rings. The van der Waals surface area contributed by atoms with Crippen molar-refractivity contribution in [1.82, 2.24) is 0 Å². The summed E-state index contributed by atoms with van der Waals surface area (Å²) in [6.45, 7) is -0.237. The van der Waals surface area contributed by atoms with Crippen LogP contribution >= 0.6 is 15.9 Å². The van der Waals surface area contributed by atoms with E-state index in [1.54, 1.807) is 0 Å². The highest BCUT2D eigenvalue weighted by Crippen LogP contribution is 2.39. The number of hydrogen-bond acceptors (Lipinski definition) is 0. The van der Waals surface area contributed by atoms with Gasteiger partial charge in [0, 0.05) is 0 Å². The van der Waals surface area contributed by atoms with Gasteiger partial charge in [0.25, 0.3) is 0 Å². The zero-order chi connectivity index (χ0) is 21.0. The van der Waals surface area contributed by atoms with Crippen molar-refractivity contribution in [3.63, 3.8) is 0 Å². The number of alkyl halides is 4. The van der Waals surface area contributed by atoms with E-state index in [1.165, 1.54) is 5.56 Å². The zero-order valence-electron chi connectivity index (χ0n) is 16.0. The smallest absolute Gasteiger partial charge is 0.251 e. The Bertz CT molecular complexity index is 782. The second-order valence-electron chi connectivity index (χ2n) is 7.87. The van der Waals surface area contributed by atoms with Crippen LogP contribution in [0, 0.1) is 17.6 Å². The minimum atomic E-state index is -3.74. The molecule has 1 aliphatic carbocycles. The molecule has 0 amide bonds. The Morgan fingerprint density at radius 2 is 1.41 bits per heavy atom. The van der Waals surface area contributed by atoms with Crippen molar-refractivity contribution in [2.45, 2.75) is 55.7 Å². The molecule has 2 aromatic carbocycles. The normalized spacial score (nSPS) is 20.1. The van der Waals surface area contributed by atoms with Crippen LogP contribution in [0.3, 0.4) is 0 Å². The molecule has 0 aliphatic heterocycles. The highest BCUT2D eigenvalue weighted by atomic mass is 79.9. The van der Waals surface area contributed by atoms with Crippen LogP contribution in [0.4, 0.5) is 22.0 Å². The molecule has 158 valence electrons. The molecule has 0 unspecified atom stereocenters. The molecule has 0 N–H and O–H groups in total. The highest BCUT2D eigenvalue weighted by Gasteiger charge is 2.34. The third-order valence-corrected chi connectivity index (χ3v) is 6.30. The molecule has 0 spiro atoms. The van der Waals surface area contributed by atoms with Gasteiger partial charge in [0.05, 0.1) is 6.67 Å². The Morgan fingerprint density at radius 3 is 1.93 bits per heavy atom. The second kappa shape index (κ2) is 9.59. The quantitative estimate of drug-likeness (QED) is 0.283. The largest absolute Gasteiger partial charge is 0.332 e. The Labute approximate surface area is 176 Å². The Kier molecular flexibility index (Phi) is 7.36. The van der Waals surface area contributed by atoms with Gasteiger partial charge in [-0.1, -0.05) is 24.3 Å². The molecule has 1 saturated carbocycles. The summed E-state index contributed by atoms with van der Waals surface area (Å²) in [5.41, 5.74) is 1.38. The molecule has 0 aromatic heterocycles. The van der Waals surface area contributed by atoms with E-state index in [4.69, 9.17) is 0 Å². The summed E-state index contributed by atoms with van der Waals surface area (Å²) >= 11 is 2.01. The molecule has 0 nitrogen and oxygen atoms in total. The molecule has 0 heterocycles. The van der Waals surface area contributed by atoms with Gasteiger partial charge in [-0.15, -0.1) is 0 Å². The van der Waals surface area contributed by atoms with Gasteiger partial charge in [-0.05, 0) is 102 Å². The standard InChI is InChI=1S/C23H24BrF5/c24-23(28,29)22-20(26)13-17(14-21(22)27)2-1-15-3-7-18(8-4-15)19-9-5-16(6-10-19)11-12-25/h3-4,7-8,13-14,16,19H,1-2,5-6,9-12H2. The van der Waals surface area contributed by atoms with Crippen LogP contribution in [0.1, 0.15) is 60.3 Å². The molecule has 2 aromatic rings. The first-order valence-corrected chi connectivity index (χ1v) is 10.8. The SMILES string of the molecule is FCCC1CCC(c2ccc(CCc3cc(F)c(C(F)(F)Br)c(F)c3)cc2)CC1. The summed E-state index contributed by atoms with van der Waals surface area (Å²) in [6, 6.07) is 10.1. The van der Waals surface area contributed by atoms with Crippen LogP contribution < -0.4 is 0 Å². The third kappa shape index (κ3) is 5.80. The highest BCUT2D eigenvalue weighted by molar-refractivity contribution is 9.09. The lowest BCUT2D eigenvalue weighted by atomic mass is 9.77. The fraction of sp³-hybridized carbons (Fsp3) is 0.478. The molecule has 0 atom stereocenters. The van der Waals surface area contributed by atoms with E-state index in [1.807, 2.05) is 28.1 Å².